The number of aromatic nitrogens is 1. The van der Waals surface area contributed by atoms with Crippen LogP contribution in [-0.4, -0.2) is 43.2 Å². The van der Waals surface area contributed by atoms with Crippen molar-refractivity contribution >= 4 is 5.69 Å². The van der Waals surface area contributed by atoms with E-state index in [1.54, 1.807) is 13.3 Å². The van der Waals surface area contributed by atoms with E-state index in [4.69, 9.17) is 4.74 Å². The summed E-state index contributed by atoms with van der Waals surface area (Å²) >= 11 is 0. The van der Waals surface area contributed by atoms with Crippen molar-refractivity contribution in [3.05, 3.63) is 18.3 Å². The monoisotopic (exact) mass is 235 g/mol. The van der Waals surface area contributed by atoms with Crippen LogP contribution in [0.2, 0.25) is 0 Å². The second-order valence-corrected chi connectivity index (χ2v) is 4.91. The van der Waals surface area contributed by atoms with Gasteiger partial charge in [-0.2, -0.15) is 0 Å². The van der Waals surface area contributed by atoms with Gasteiger partial charge in [0.25, 0.3) is 0 Å². The van der Waals surface area contributed by atoms with E-state index < -0.39 is 0 Å². The molecule has 0 aromatic carbocycles. The van der Waals surface area contributed by atoms with Crippen LogP contribution in [0, 0.1) is 0 Å². The van der Waals surface area contributed by atoms with E-state index in [0.29, 0.717) is 11.4 Å². The number of methoxy groups -OCH3 is 1. The maximum absolute atomic E-state index is 5.11. The second-order valence-electron chi connectivity index (χ2n) is 4.91. The third-order valence-electron chi connectivity index (χ3n) is 3.80. The largest absolute Gasteiger partial charge is 0.481 e. The Balaban J connectivity index is 1.97. The third-order valence-corrected chi connectivity index (χ3v) is 3.80. The van der Waals surface area contributed by atoms with Gasteiger partial charge in [-0.25, -0.2) is 4.98 Å². The van der Waals surface area contributed by atoms with E-state index in [-0.39, 0.29) is 0 Å². The molecule has 1 saturated carbocycles. The minimum absolute atomic E-state index is 0.330. The number of anilines is 1. The fourth-order valence-electron chi connectivity index (χ4n) is 2.26. The zero-order valence-electron chi connectivity index (χ0n) is 10.9. The molecule has 0 unspecified atom stereocenters. The van der Waals surface area contributed by atoms with Gasteiger partial charge in [-0.05, 0) is 39.4 Å². The van der Waals surface area contributed by atoms with Gasteiger partial charge in [0.15, 0.2) is 0 Å². The number of hydrogen-bond donors (Lipinski definition) is 1. The second kappa shape index (κ2) is 4.92. The molecule has 0 amide bonds. The Labute approximate surface area is 103 Å². The van der Waals surface area contributed by atoms with Crippen molar-refractivity contribution in [3.8, 4) is 5.88 Å². The molecule has 1 aliphatic rings. The van der Waals surface area contributed by atoms with Gasteiger partial charge in [-0.1, -0.05) is 0 Å². The fourth-order valence-corrected chi connectivity index (χ4v) is 2.26. The normalized spacial score (nSPS) is 17.6. The van der Waals surface area contributed by atoms with Crippen LogP contribution in [0.3, 0.4) is 0 Å². The first-order valence-corrected chi connectivity index (χ1v) is 6.08. The average Bonchev–Trinajstić information content (AvgIpc) is 2.27. The molecular formula is C13H21N3O. The molecule has 1 aromatic rings. The molecule has 0 bridgehead atoms. The van der Waals surface area contributed by atoms with E-state index in [2.05, 4.69) is 29.3 Å². The molecule has 0 aliphatic heterocycles. The van der Waals surface area contributed by atoms with Crippen molar-refractivity contribution in [2.75, 3.05) is 33.1 Å². The molecule has 0 saturated heterocycles. The molecule has 0 spiro atoms. The molecule has 1 fully saturated rings. The van der Waals surface area contributed by atoms with Crippen LogP contribution in [0.25, 0.3) is 0 Å². The zero-order chi connectivity index (χ0) is 12.3. The molecule has 94 valence electrons. The highest BCUT2D eigenvalue weighted by atomic mass is 16.5. The van der Waals surface area contributed by atoms with Crippen molar-refractivity contribution in [2.24, 2.45) is 0 Å². The van der Waals surface area contributed by atoms with Gasteiger partial charge in [0.05, 0.1) is 7.11 Å². The maximum atomic E-state index is 5.11. The first-order chi connectivity index (χ1) is 8.16. The van der Waals surface area contributed by atoms with Gasteiger partial charge < -0.3 is 15.0 Å². The first kappa shape index (κ1) is 12.2. The fraction of sp³-hybridized carbons (Fsp3) is 0.615. The molecular weight excluding hydrogens is 214 g/mol. The molecule has 1 aromatic heterocycles. The quantitative estimate of drug-likeness (QED) is 0.847. The SMILES string of the molecule is COc1cc(NCC2(N(C)C)CCC2)ccn1. The van der Waals surface area contributed by atoms with Crippen LogP contribution in [0.4, 0.5) is 5.69 Å². The zero-order valence-corrected chi connectivity index (χ0v) is 10.9. The smallest absolute Gasteiger partial charge is 0.214 e. The van der Waals surface area contributed by atoms with E-state index in [9.17, 15) is 0 Å². The van der Waals surface area contributed by atoms with Crippen molar-refractivity contribution in [1.82, 2.24) is 9.88 Å². The summed E-state index contributed by atoms with van der Waals surface area (Å²) < 4.78 is 5.11. The van der Waals surface area contributed by atoms with E-state index >= 15 is 0 Å². The average molecular weight is 235 g/mol. The van der Waals surface area contributed by atoms with Crippen LogP contribution >= 0.6 is 0 Å². The summed E-state index contributed by atoms with van der Waals surface area (Å²) in [4.78, 5) is 6.43. The lowest BCUT2D eigenvalue weighted by molar-refractivity contribution is 0.0739. The summed E-state index contributed by atoms with van der Waals surface area (Å²) in [6, 6.07) is 3.91. The van der Waals surface area contributed by atoms with Crippen molar-refractivity contribution in [1.29, 1.82) is 0 Å². The maximum Gasteiger partial charge on any atom is 0.214 e. The highest BCUT2D eigenvalue weighted by Gasteiger charge is 2.38. The minimum Gasteiger partial charge on any atom is -0.481 e. The Bertz CT molecular complexity index is 375. The van der Waals surface area contributed by atoms with Crippen LogP contribution in [-0.2, 0) is 0 Å². The molecule has 1 N–H and O–H groups in total. The molecule has 1 aliphatic carbocycles. The predicted octanol–water partition coefficient (Wildman–Crippen LogP) is 1.99. The molecule has 4 heteroatoms. The van der Waals surface area contributed by atoms with Gasteiger partial charge in [-0.3, -0.25) is 0 Å². The minimum atomic E-state index is 0.330. The summed E-state index contributed by atoms with van der Waals surface area (Å²) in [5, 5.41) is 3.48. The van der Waals surface area contributed by atoms with Gasteiger partial charge in [0.1, 0.15) is 0 Å². The van der Waals surface area contributed by atoms with E-state index in [1.807, 2.05) is 12.1 Å². The number of nitrogens with one attached hydrogen (secondary N) is 1. The number of likely N-dealkylation sites (N-methyl/N-ethyl adjacent to an activating group) is 1. The number of nitrogens with zero attached hydrogens (tertiary/aromatic N) is 2. The van der Waals surface area contributed by atoms with Crippen LogP contribution in [0.5, 0.6) is 5.88 Å². The van der Waals surface area contributed by atoms with Crippen molar-refractivity contribution < 1.29 is 4.74 Å². The predicted molar refractivity (Wildman–Crippen MR) is 69.5 cm³/mol. The Morgan fingerprint density at radius 3 is 2.76 bits per heavy atom. The number of rotatable bonds is 5. The van der Waals surface area contributed by atoms with Crippen LogP contribution in [0.1, 0.15) is 19.3 Å². The number of hydrogen-bond acceptors (Lipinski definition) is 4. The number of pyridine rings is 1. The van der Waals surface area contributed by atoms with Gasteiger partial charge in [0.2, 0.25) is 5.88 Å². The summed E-state index contributed by atoms with van der Waals surface area (Å²) in [6.07, 6.45) is 5.65. The first-order valence-electron chi connectivity index (χ1n) is 6.08. The van der Waals surface area contributed by atoms with Crippen LogP contribution < -0.4 is 10.1 Å². The lowest BCUT2D eigenvalue weighted by Gasteiger charge is -2.47. The molecule has 0 radical (unpaired) electrons. The molecule has 2 rings (SSSR count). The Hall–Kier alpha value is -1.29. The standard InChI is InChI=1S/C13H21N3O/c1-16(2)13(6-4-7-13)10-15-11-5-8-14-12(9-11)17-3/h5,8-9H,4,6-7,10H2,1-3H3,(H,14,15). The summed E-state index contributed by atoms with van der Waals surface area (Å²) in [5.74, 6) is 0.655. The topological polar surface area (TPSA) is 37.4 Å². The van der Waals surface area contributed by atoms with Crippen LogP contribution in [0.15, 0.2) is 18.3 Å². The Morgan fingerprint density at radius 1 is 1.47 bits per heavy atom. The lowest BCUT2D eigenvalue weighted by atomic mass is 9.75. The molecule has 17 heavy (non-hydrogen) atoms. The lowest BCUT2D eigenvalue weighted by Crippen LogP contribution is -2.54. The summed E-state index contributed by atoms with van der Waals surface area (Å²) in [5.41, 5.74) is 1.40. The Kier molecular flexibility index (Phi) is 3.52. The molecule has 0 atom stereocenters. The van der Waals surface area contributed by atoms with Crippen molar-refractivity contribution in [2.45, 2.75) is 24.8 Å². The van der Waals surface area contributed by atoms with Gasteiger partial charge in [0, 0.05) is 30.0 Å². The summed E-state index contributed by atoms with van der Waals surface area (Å²) in [7, 11) is 5.96. The Morgan fingerprint density at radius 2 is 2.24 bits per heavy atom. The molecule has 4 nitrogen and oxygen atoms in total. The van der Waals surface area contributed by atoms with Gasteiger partial charge >= 0.3 is 0 Å². The molecule has 1 heterocycles. The highest BCUT2D eigenvalue weighted by Crippen LogP contribution is 2.36. The van der Waals surface area contributed by atoms with E-state index in [0.717, 1.165) is 12.2 Å². The van der Waals surface area contributed by atoms with E-state index in [1.165, 1.54) is 19.3 Å². The van der Waals surface area contributed by atoms with Gasteiger partial charge in [-0.15, -0.1) is 0 Å². The van der Waals surface area contributed by atoms with Crippen molar-refractivity contribution in [3.63, 3.8) is 0 Å². The number of ether oxygens (including phenoxy) is 1. The summed E-state index contributed by atoms with van der Waals surface area (Å²) in [6.45, 7) is 0.979. The highest BCUT2D eigenvalue weighted by molar-refractivity contribution is 5.45. The third kappa shape index (κ3) is 2.52.